The van der Waals surface area contributed by atoms with E-state index < -0.39 is 11.7 Å². The normalized spacial score (nSPS) is 12.8. The number of benzene rings is 3. The molecule has 0 unspecified atom stereocenters. The summed E-state index contributed by atoms with van der Waals surface area (Å²) < 4.78 is 13.9. The van der Waals surface area contributed by atoms with Gasteiger partial charge in [0.2, 0.25) is 0 Å². The van der Waals surface area contributed by atoms with Crippen molar-refractivity contribution in [3.63, 3.8) is 0 Å². The van der Waals surface area contributed by atoms with Crippen molar-refractivity contribution in [2.75, 3.05) is 5.32 Å². The summed E-state index contributed by atoms with van der Waals surface area (Å²) in [5.41, 5.74) is 1.74. The van der Waals surface area contributed by atoms with Crippen molar-refractivity contribution >= 4 is 35.0 Å². The SMILES string of the molecule is O=C(Nc1cccc(Cl)c1F)c1ccc(CN2C(=O)c3ccccc3C2=O)cc1. The maximum Gasteiger partial charge on any atom is 0.261 e. The van der Waals surface area contributed by atoms with Crippen molar-refractivity contribution < 1.29 is 18.8 Å². The fourth-order valence-corrected chi connectivity index (χ4v) is 3.30. The lowest BCUT2D eigenvalue weighted by molar-refractivity contribution is 0.0642. The lowest BCUT2D eigenvalue weighted by atomic mass is 10.1. The predicted molar refractivity (Wildman–Crippen MR) is 106 cm³/mol. The van der Waals surface area contributed by atoms with Crippen LogP contribution in [0, 0.1) is 5.82 Å². The Bertz CT molecular complexity index is 1110. The monoisotopic (exact) mass is 408 g/mol. The van der Waals surface area contributed by atoms with Gasteiger partial charge < -0.3 is 5.32 Å². The lowest BCUT2D eigenvalue weighted by Gasteiger charge is -2.14. The first kappa shape index (κ1) is 18.8. The molecule has 7 heteroatoms. The van der Waals surface area contributed by atoms with Crippen LogP contribution in [-0.4, -0.2) is 22.6 Å². The van der Waals surface area contributed by atoms with Gasteiger partial charge in [0.1, 0.15) is 0 Å². The van der Waals surface area contributed by atoms with Gasteiger partial charge in [-0.1, -0.05) is 41.9 Å². The fourth-order valence-electron chi connectivity index (χ4n) is 3.12. The zero-order chi connectivity index (χ0) is 20.5. The molecule has 0 spiro atoms. The van der Waals surface area contributed by atoms with Crippen LogP contribution in [0.25, 0.3) is 0 Å². The first-order valence-electron chi connectivity index (χ1n) is 8.75. The Morgan fingerprint density at radius 2 is 1.52 bits per heavy atom. The first-order valence-corrected chi connectivity index (χ1v) is 9.13. The summed E-state index contributed by atoms with van der Waals surface area (Å²) in [7, 11) is 0. The van der Waals surface area contributed by atoms with Crippen molar-refractivity contribution in [3.8, 4) is 0 Å². The van der Waals surface area contributed by atoms with E-state index in [1.807, 2.05) is 0 Å². The van der Waals surface area contributed by atoms with Gasteiger partial charge in [0.05, 0.1) is 28.4 Å². The third kappa shape index (κ3) is 3.50. The van der Waals surface area contributed by atoms with Crippen LogP contribution < -0.4 is 5.32 Å². The van der Waals surface area contributed by atoms with Crippen molar-refractivity contribution in [1.29, 1.82) is 0 Å². The number of nitrogens with zero attached hydrogens (tertiary/aromatic N) is 1. The first-order chi connectivity index (χ1) is 14.0. The van der Waals surface area contributed by atoms with Gasteiger partial charge in [0.25, 0.3) is 17.7 Å². The van der Waals surface area contributed by atoms with E-state index in [9.17, 15) is 18.8 Å². The molecule has 0 aliphatic carbocycles. The second-order valence-corrected chi connectivity index (χ2v) is 6.90. The number of rotatable bonds is 4. The van der Waals surface area contributed by atoms with Gasteiger partial charge in [-0.25, -0.2) is 4.39 Å². The standard InChI is InChI=1S/C22H14ClFN2O3/c23-17-6-3-7-18(19(17)24)25-20(27)14-10-8-13(9-11-14)12-26-21(28)15-4-1-2-5-16(15)22(26)29/h1-11H,12H2,(H,25,27). The minimum Gasteiger partial charge on any atom is -0.319 e. The topological polar surface area (TPSA) is 66.5 Å². The number of carbonyl (C=O) groups excluding carboxylic acids is 3. The van der Waals surface area contributed by atoms with Crippen LogP contribution in [-0.2, 0) is 6.54 Å². The predicted octanol–water partition coefficient (Wildman–Crippen LogP) is 4.53. The lowest BCUT2D eigenvalue weighted by Crippen LogP contribution is -2.29. The second kappa shape index (κ2) is 7.48. The molecular weight excluding hydrogens is 395 g/mol. The Labute approximate surface area is 170 Å². The third-order valence-corrected chi connectivity index (χ3v) is 4.93. The molecule has 144 valence electrons. The number of nitrogens with one attached hydrogen (secondary N) is 1. The van der Waals surface area contributed by atoms with E-state index in [1.165, 1.54) is 23.1 Å². The molecule has 0 fully saturated rings. The zero-order valence-corrected chi connectivity index (χ0v) is 15.7. The average molecular weight is 409 g/mol. The summed E-state index contributed by atoms with van der Waals surface area (Å²) >= 11 is 5.72. The maximum atomic E-state index is 13.9. The Morgan fingerprint density at radius 1 is 0.897 bits per heavy atom. The van der Waals surface area contributed by atoms with Crippen LogP contribution in [0.1, 0.15) is 36.6 Å². The molecule has 0 bridgehead atoms. The molecule has 0 radical (unpaired) electrons. The van der Waals surface area contributed by atoms with Gasteiger partial charge in [0.15, 0.2) is 5.82 Å². The summed E-state index contributed by atoms with van der Waals surface area (Å²) in [6.07, 6.45) is 0. The molecule has 0 saturated heterocycles. The van der Waals surface area contributed by atoms with E-state index >= 15 is 0 Å². The van der Waals surface area contributed by atoms with E-state index in [0.29, 0.717) is 22.3 Å². The highest BCUT2D eigenvalue weighted by atomic mass is 35.5. The number of carbonyl (C=O) groups is 3. The van der Waals surface area contributed by atoms with Crippen LogP contribution >= 0.6 is 11.6 Å². The molecule has 5 nitrogen and oxygen atoms in total. The second-order valence-electron chi connectivity index (χ2n) is 6.49. The molecule has 1 heterocycles. The van der Waals surface area contributed by atoms with Crippen LogP contribution in [0.4, 0.5) is 10.1 Å². The minimum atomic E-state index is -0.704. The molecule has 1 aliphatic heterocycles. The van der Waals surface area contributed by atoms with Gasteiger partial charge in [-0.15, -0.1) is 0 Å². The summed E-state index contributed by atoms with van der Waals surface area (Å²) in [6.45, 7) is 0.0944. The number of amides is 3. The van der Waals surface area contributed by atoms with Gasteiger partial charge in [-0.2, -0.15) is 0 Å². The molecule has 29 heavy (non-hydrogen) atoms. The molecule has 0 aromatic heterocycles. The zero-order valence-electron chi connectivity index (χ0n) is 15.0. The van der Waals surface area contributed by atoms with Crippen molar-refractivity contribution in [3.05, 3.63) is 99.8 Å². The largest absolute Gasteiger partial charge is 0.319 e. The smallest absolute Gasteiger partial charge is 0.261 e. The van der Waals surface area contributed by atoms with E-state index in [4.69, 9.17) is 11.6 Å². The number of anilines is 1. The van der Waals surface area contributed by atoms with Crippen LogP contribution in [0.15, 0.2) is 66.7 Å². The highest BCUT2D eigenvalue weighted by Crippen LogP contribution is 2.25. The molecule has 1 aliphatic rings. The number of imide groups is 1. The van der Waals surface area contributed by atoms with Gasteiger partial charge in [-0.05, 0) is 42.0 Å². The quantitative estimate of drug-likeness (QED) is 0.645. The molecule has 3 aromatic carbocycles. The highest BCUT2D eigenvalue weighted by molar-refractivity contribution is 6.31. The Kier molecular flexibility index (Phi) is 4.86. The summed E-state index contributed by atoms with van der Waals surface area (Å²) in [5, 5.41) is 2.38. The molecule has 1 N–H and O–H groups in total. The van der Waals surface area contributed by atoms with E-state index in [0.717, 1.165) is 0 Å². The third-order valence-electron chi connectivity index (χ3n) is 4.63. The van der Waals surface area contributed by atoms with Crippen molar-refractivity contribution in [1.82, 2.24) is 4.90 Å². The molecule has 0 atom stereocenters. The van der Waals surface area contributed by atoms with Crippen LogP contribution in [0.3, 0.4) is 0 Å². The maximum absolute atomic E-state index is 13.9. The Hall–Kier alpha value is -3.51. The summed E-state index contributed by atoms with van der Waals surface area (Å²) in [5.74, 6) is -1.89. The summed E-state index contributed by atoms with van der Waals surface area (Å²) in [6, 6.07) is 17.4. The van der Waals surface area contributed by atoms with Crippen molar-refractivity contribution in [2.24, 2.45) is 0 Å². The fraction of sp³-hybridized carbons (Fsp3) is 0.0455. The van der Waals surface area contributed by atoms with E-state index in [-0.39, 0.29) is 29.1 Å². The molecule has 3 aromatic rings. The van der Waals surface area contributed by atoms with E-state index in [1.54, 1.807) is 48.5 Å². The molecule has 4 rings (SSSR count). The molecule has 3 amide bonds. The molecule has 0 saturated carbocycles. The van der Waals surface area contributed by atoms with E-state index in [2.05, 4.69) is 5.32 Å². The number of hydrogen-bond acceptors (Lipinski definition) is 3. The Morgan fingerprint density at radius 3 is 2.14 bits per heavy atom. The average Bonchev–Trinajstić information content (AvgIpc) is 2.97. The highest BCUT2D eigenvalue weighted by Gasteiger charge is 2.34. The van der Waals surface area contributed by atoms with Gasteiger partial charge in [-0.3, -0.25) is 19.3 Å². The van der Waals surface area contributed by atoms with Gasteiger partial charge in [0, 0.05) is 5.56 Å². The summed E-state index contributed by atoms with van der Waals surface area (Å²) in [4.78, 5) is 38.4. The minimum absolute atomic E-state index is 0.0161. The Balaban J connectivity index is 1.47. The number of hydrogen-bond donors (Lipinski definition) is 1. The van der Waals surface area contributed by atoms with Crippen molar-refractivity contribution in [2.45, 2.75) is 6.54 Å². The molecular formula is C22H14ClFN2O3. The number of halogens is 2. The van der Waals surface area contributed by atoms with Crippen LogP contribution in [0.5, 0.6) is 0 Å². The van der Waals surface area contributed by atoms with Crippen LogP contribution in [0.2, 0.25) is 5.02 Å². The number of fused-ring (bicyclic) bond motifs is 1. The van der Waals surface area contributed by atoms with Gasteiger partial charge >= 0.3 is 0 Å².